The summed E-state index contributed by atoms with van der Waals surface area (Å²) in [5, 5.41) is 0. The first kappa shape index (κ1) is 14.4. The van der Waals surface area contributed by atoms with E-state index in [1.54, 1.807) is 6.07 Å². The van der Waals surface area contributed by atoms with Gasteiger partial charge in [0.1, 0.15) is 0 Å². The zero-order chi connectivity index (χ0) is 14.7. The van der Waals surface area contributed by atoms with Crippen molar-refractivity contribution >= 4 is 5.78 Å². The summed E-state index contributed by atoms with van der Waals surface area (Å²) in [5.74, 6) is 2.43. The molecule has 0 amide bonds. The topological polar surface area (TPSA) is 38.8 Å². The summed E-state index contributed by atoms with van der Waals surface area (Å²) in [5.41, 5.74) is 0.718. The smallest absolute Gasteiger partial charge is 0.231 e. The van der Waals surface area contributed by atoms with Crippen molar-refractivity contribution in [2.75, 3.05) is 26.4 Å². The van der Waals surface area contributed by atoms with E-state index in [-0.39, 0.29) is 12.6 Å². The van der Waals surface area contributed by atoms with E-state index in [1.807, 2.05) is 12.1 Å². The van der Waals surface area contributed by atoms with E-state index in [1.165, 1.54) is 25.7 Å². The van der Waals surface area contributed by atoms with Gasteiger partial charge in [0.2, 0.25) is 6.79 Å². The van der Waals surface area contributed by atoms with Gasteiger partial charge in [0.25, 0.3) is 0 Å². The fourth-order valence-corrected chi connectivity index (χ4v) is 3.21. The van der Waals surface area contributed by atoms with Crippen LogP contribution in [0.3, 0.4) is 0 Å². The molecule has 1 fully saturated rings. The molecule has 1 saturated heterocycles. The molecule has 21 heavy (non-hydrogen) atoms. The predicted molar refractivity (Wildman–Crippen MR) is 81.0 cm³/mol. The minimum Gasteiger partial charge on any atom is -0.454 e. The number of ketones is 1. The summed E-state index contributed by atoms with van der Waals surface area (Å²) >= 11 is 0. The Bertz CT molecular complexity index is 507. The molecule has 0 radical (unpaired) electrons. The molecule has 4 heteroatoms. The third-order valence-corrected chi connectivity index (χ3v) is 4.47. The van der Waals surface area contributed by atoms with Gasteiger partial charge < -0.3 is 9.47 Å². The molecule has 1 aromatic rings. The SMILES string of the molecule is CCCC1CCN(CC(=O)c2ccc3c(c2)OCO3)CC1. The van der Waals surface area contributed by atoms with Crippen LogP contribution in [-0.4, -0.2) is 37.1 Å². The Balaban J connectivity index is 1.55. The number of rotatable bonds is 5. The van der Waals surface area contributed by atoms with Gasteiger partial charge in [0, 0.05) is 5.56 Å². The Hall–Kier alpha value is -1.55. The lowest BCUT2D eigenvalue weighted by atomic mass is 9.92. The molecule has 0 aromatic heterocycles. The Morgan fingerprint density at radius 2 is 2.00 bits per heavy atom. The number of Topliss-reactive ketones (excluding diaryl/α,β-unsaturated/α-hetero) is 1. The second kappa shape index (κ2) is 6.48. The number of fused-ring (bicyclic) bond motifs is 1. The van der Waals surface area contributed by atoms with Crippen LogP contribution in [0, 0.1) is 5.92 Å². The van der Waals surface area contributed by atoms with Crippen LogP contribution in [0.15, 0.2) is 18.2 Å². The van der Waals surface area contributed by atoms with Gasteiger partial charge in [-0.3, -0.25) is 9.69 Å². The zero-order valence-electron chi connectivity index (χ0n) is 12.6. The Kier molecular flexibility index (Phi) is 4.44. The lowest BCUT2D eigenvalue weighted by Crippen LogP contribution is -2.37. The highest BCUT2D eigenvalue weighted by atomic mass is 16.7. The molecule has 2 heterocycles. The summed E-state index contributed by atoms with van der Waals surface area (Å²) in [6.45, 7) is 5.09. The molecule has 4 nitrogen and oxygen atoms in total. The molecule has 1 aromatic carbocycles. The molecular weight excluding hydrogens is 266 g/mol. The monoisotopic (exact) mass is 289 g/mol. The minimum atomic E-state index is 0.169. The van der Waals surface area contributed by atoms with E-state index in [0.717, 1.165) is 30.3 Å². The Morgan fingerprint density at radius 3 is 2.76 bits per heavy atom. The van der Waals surface area contributed by atoms with Crippen LogP contribution >= 0.6 is 0 Å². The highest BCUT2D eigenvalue weighted by Crippen LogP contribution is 2.32. The van der Waals surface area contributed by atoms with Crippen LogP contribution in [0.2, 0.25) is 0 Å². The molecule has 0 unspecified atom stereocenters. The van der Waals surface area contributed by atoms with Gasteiger partial charge >= 0.3 is 0 Å². The first-order valence-corrected chi connectivity index (χ1v) is 7.91. The largest absolute Gasteiger partial charge is 0.454 e. The number of carbonyl (C=O) groups excluding carboxylic acids is 1. The summed E-state index contributed by atoms with van der Waals surface area (Å²) in [7, 11) is 0. The van der Waals surface area contributed by atoms with Crippen molar-refractivity contribution in [3.63, 3.8) is 0 Å². The molecular formula is C17H23NO3. The molecule has 0 atom stereocenters. The standard InChI is InChI=1S/C17H23NO3/c1-2-3-13-6-8-18(9-7-13)11-15(19)14-4-5-16-17(10-14)21-12-20-16/h4-5,10,13H,2-3,6-9,11-12H2,1H3. The number of carbonyl (C=O) groups is 1. The molecule has 3 rings (SSSR count). The van der Waals surface area contributed by atoms with E-state index in [9.17, 15) is 4.79 Å². The highest BCUT2D eigenvalue weighted by Gasteiger charge is 2.22. The minimum absolute atomic E-state index is 0.169. The average Bonchev–Trinajstić information content (AvgIpc) is 2.97. The molecule has 0 spiro atoms. The fourth-order valence-electron chi connectivity index (χ4n) is 3.21. The molecule has 114 valence electrons. The van der Waals surface area contributed by atoms with Crippen molar-refractivity contribution < 1.29 is 14.3 Å². The van der Waals surface area contributed by atoms with E-state index >= 15 is 0 Å². The molecule has 0 bridgehead atoms. The Morgan fingerprint density at radius 1 is 1.24 bits per heavy atom. The van der Waals surface area contributed by atoms with Crippen LogP contribution in [-0.2, 0) is 0 Å². The molecule has 2 aliphatic heterocycles. The lowest BCUT2D eigenvalue weighted by Gasteiger charge is -2.31. The lowest BCUT2D eigenvalue weighted by molar-refractivity contribution is 0.0892. The van der Waals surface area contributed by atoms with Gasteiger partial charge in [0.05, 0.1) is 6.54 Å². The molecule has 0 aliphatic carbocycles. The number of likely N-dealkylation sites (tertiary alicyclic amines) is 1. The number of ether oxygens (including phenoxy) is 2. The van der Waals surface area contributed by atoms with Gasteiger partial charge in [-0.2, -0.15) is 0 Å². The van der Waals surface area contributed by atoms with Crippen molar-refractivity contribution in [1.82, 2.24) is 4.90 Å². The maximum atomic E-state index is 12.4. The normalized spacial score (nSPS) is 18.9. The van der Waals surface area contributed by atoms with Crippen molar-refractivity contribution in [3.8, 4) is 11.5 Å². The zero-order valence-corrected chi connectivity index (χ0v) is 12.6. The predicted octanol–water partition coefficient (Wildman–Crippen LogP) is 3.11. The number of nitrogens with zero attached hydrogens (tertiary/aromatic N) is 1. The fraction of sp³-hybridized carbons (Fsp3) is 0.588. The summed E-state index contributed by atoms with van der Waals surface area (Å²) in [6.07, 6.45) is 5.04. The van der Waals surface area contributed by atoms with Crippen LogP contribution < -0.4 is 9.47 Å². The third kappa shape index (κ3) is 3.38. The quantitative estimate of drug-likeness (QED) is 0.781. The van der Waals surface area contributed by atoms with Crippen molar-refractivity contribution in [3.05, 3.63) is 23.8 Å². The van der Waals surface area contributed by atoms with Gasteiger partial charge in [0.15, 0.2) is 17.3 Å². The molecule has 0 saturated carbocycles. The van der Waals surface area contributed by atoms with Gasteiger partial charge in [-0.15, -0.1) is 0 Å². The van der Waals surface area contributed by atoms with Crippen LogP contribution in [0.5, 0.6) is 11.5 Å². The maximum Gasteiger partial charge on any atom is 0.231 e. The Labute approximate surface area is 126 Å². The second-order valence-corrected chi connectivity index (χ2v) is 6.00. The highest BCUT2D eigenvalue weighted by molar-refractivity contribution is 5.98. The van der Waals surface area contributed by atoms with Crippen molar-refractivity contribution in [1.29, 1.82) is 0 Å². The van der Waals surface area contributed by atoms with E-state index in [4.69, 9.17) is 9.47 Å². The van der Waals surface area contributed by atoms with Crippen LogP contribution in [0.4, 0.5) is 0 Å². The van der Waals surface area contributed by atoms with E-state index in [2.05, 4.69) is 11.8 Å². The first-order valence-electron chi connectivity index (χ1n) is 7.91. The number of hydrogen-bond acceptors (Lipinski definition) is 4. The average molecular weight is 289 g/mol. The van der Waals surface area contributed by atoms with Crippen LogP contribution in [0.1, 0.15) is 43.0 Å². The molecule has 2 aliphatic rings. The summed E-state index contributed by atoms with van der Waals surface area (Å²) < 4.78 is 10.6. The van der Waals surface area contributed by atoms with E-state index in [0.29, 0.717) is 12.3 Å². The number of hydrogen-bond donors (Lipinski definition) is 0. The van der Waals surface area contributed by atoms with Crippen LogP contribution in [0.25, 0.3) is 0 Å². The third-order valence-electron chi connectivity index (χ3n) is 4.47. The van der Waals surface area contributed by atoms with Gasteiger partial charge in [-0.05, 0) is 50.0 Å². The number of benzene rings is 1. The van der Waals surface area contributed by atoms with Gasteiger partial charge in [-0.1, -0.05) is 19.8 Å². The van der Waals surface area contributed by atoms with Gasteiger partial charge in [-0.25, -0.2) is 0 Å². The summed E-state index contributed by atoms with van der Waals surface area (Å²) in [6, 6.07) is 5.46. The summed E-state index contributed by atoms with van der Waals surface area (Å²) in [4.78, 5) is 14.7. The first-order chi connectivity index (χ1) is 10.3. The van der Waals surface area contributed by atoms with Crippen molar-refractivity contribution in [2.45, 2.75) is 32.6 Å². The van der Waals surface area contributed by atoms with Crippen molar-refractivity contribution in [2.24, 2.45) is 5.92 Å². The second-order valence-electron chi connectivity index (χ2n) is 6.00. The number of piperidine rings is 1. The maximum absolute atomic E-state index is 12.4. The molecule has 0 N–H and O–H groups in total. The van der Waals surface area contributed by atoms with E-state index < -0.39 is 0 Å².